The van der Waals surface area contributed by atoms with Gasteiger partial charge in [0.05, 0.1) is 6.20 Å². The zero-order chi connectivity index (χ0) is 5.66. The van der Waals surface area contributed by atoms with Crippen molar-refractivity contribution in [3.63, 3.8) is 0 Å². The molecular weight excluding hydrogens is 106 g/mol. The van der Waals surface area contributed by atoms with Gasteiger partial charge in [-0.3, -0.25) is 0 Å². The summed E-state index contributed by atoms with van der Waals surface area (Å²) in [5, 5.41) is 0. The molecule has 0 N–H and O–H groups in total. The monoisotopic (exact) mass is 111 g/mol. The number of hydrogen-bond acceptors (Lipinski definition) is 3. The molecule has 1 rings (SSSR count). The molecule has 3 nitrogen and oxygen atoms in total. The summed E-state index contributed by atoms with van der Waals surface area (Å²) in [6.07, 6.45) is 7.07. The van der Waals surface area contributed by atoms with E-state index in [1.807, 2.05) is 0 Å². The Hall–Kier alpha value is -1.25. The van der Waals surface area contributed by atoms with Crippen molar-refractivity contribution in [3.8, 4) is 0 Å². The predicted octanol–water partition coefficient (Wildman–Crippen LogP) is 1.39. The fraction of sp³-hybridized carbons (Fsp3) is 0. The van der Waals surface area contributed by atoms with Crippen LogP contribution < -0.4 is 0 Å². The fourth-order valence-electron chi connectivity index (χ4n) is 0.285. The summed E-state index contributed by atoms with van der Waals surface area (Å²) in [7, 11) is 0. The van der Waals surface area contributed by atoms with Crippen LogP contribution in [0.5, 0.6) is 0 Å². The first-order valence-corrected chi connectivity index (χ1v) is 2.13. The molecule has 42 valence electrons. The highest BCUT2D eigenvalue weighted by atomic mass is 16.4. The molecule has 0 spiro atoms. The van der Waals surface area contributed by atoms with Gasteiger partial charge >= 0.3 is 0 Å². The SMILES string of the molecule is c1coccocn1. The Balaban J connectivity index is 3.00. The van der Waals surface area contributed by atoms with Gasteiger partial charge in [0.25, 0.3) is 0 Å². The largest absolute Gasteiger partial charge is 0.468 e. The Bertz CT molecular complexity index is 115. The highest BCUT2D eigenvalue weighted by Crippen LogP contribution is 1.75. The minimum absolute atomic E-state index is 1.32. The van der Waals surface area contributed by atoms with E-state index in [0.29, 0.717) is 0 Å². The maximum atomic E-state index is 4.67. The van der Waals surface area contributed by atoms with Gasteiger partial charge in [0, 0.05) is 0 Å². The molecule has 0 bridgehead atoms. The average Bonchev–Trinajstić information content (AvgIpc) is 1.62. The van der Waals surface area contributed by atoms with Crippen molar-refractivity contribution in [1.82, 2.24) is 4.98 Å². The Kier molecular flexibility index (Phi) is 1.74. The van der Waals surface area contributed by atoms with Crippen LogP contribution >= 0.6 is 0 Å². The molecule has 0 atom stereocenters. The van der Waals surface area contributed by atoms with E-state index in [2.05, 4.69) is 13.8 Å². The van der Waals surface area contributed by atoms with Crippen LogP contribution in [-0.2, 0) is 0 Å². The molecule has 8 heavy (non-hydrogen) atoms. The van der Waals surface area contributed by atoms with Crippen molar-refractivity contribution >= 4 is 0 Å². The van der Waals surface area contributed by atoms with Crippen LogP contribution in [0.25, 0.3) is 0 Å². The van der Waals surface area contributed by atoms with Crippen LogP contribution in [0.1, 0.15) is 0 Å². The van der Waals surface area contributed by atoms with Crippen LogP contribution in [0, 0.1) is 0 Å². The molecule has 3 heteroatoms. The Labute approximate surface area is 46.3 Å². The average molecular weight is 111 g/mol. The van der Waals surface area contributed by atoms with Gasteiger partial charge in [-0.05, 0) is 0 Å². The van der Waals surface area contributed by atoms with E-state index in [9.17, 15) is 0 Å². The molecule has 0 amide bonds. The molecule has 0 aliphatic carbocycles. The highest BCUT2D eigenvalue weighted by molar-refractivity contribution is 4.56. The molecule has 1 aromatic heterocycles. The zero-order valence-electron chi connectivity index (χ0n) is 4.15. The normalized spacial score (nSPS) is 8.00. The van der Waals surface area contributed by atoms with Crippen LogP contribution in [0.3, 0.4) is 0 Å². The maximum absolute atomic E-state index is 4.67. The number of hydrogen-bond donors (Lipinski definition) is 0. The lowest BCUT2D eigenvalue weighted by molar-refractivity contribution is 0.477. The van der Waals surface area contributed by atoms with Gasteiger partial charge in [0.2, 0.25) is 0 Å². The summed E-state index contributed by atoms with van der Waals surface area (Å²) in [5.74, 6) is 0. The lowest BCUT2D eigenvalue weighted by atomic mass is 10.9. The Morgan fingerprint density at radius 2 is 1.88 bits per heavy atom. The Morgan fingerprint density at radius 3 is 2.88 bits per heavy atom. The molecule has 0 saturated heterocycles. The third-order valence-corrected chi connectivity index (χ3v) is 0.560. The summed E-state index contributed by atoms with van der Waals surface area (Å²) >= 11 is 0. The smallest absolute Gasteiger partial charge is 0.180 e. The number of aromatic nitrogens is 1. The summed E-state index contributed by atoms with van der Waals surface area (Å²) in [4.78, 5) is 3.63. The third-order valence-electron chi connectivity index (χ3n) is 0.560. The topological polar surface area (TPSA) is 39.2 Å². The van der Waals surface area contributed by atoms with Crippen molar-refractivity contribution < 1.29 is 8.83 Å². The van der Waals surface area contributed by atoms with Crippen molar-refractivity contribution in [3.05, 3.63) is 31.4 Å². The maximum Gasteiger partial charge on any atom is 0.180 e. The first-order valence-electron chi connectivity index (χ1n) is 2.13. The second-order valence-electron chi connectivity index (χ2n) is 1.08. The zero-order valence-corrected chi connectivity index (χ0v) is 4.15. The minimum atomic E-state index is 1.32. The van der Waals surface area contributed by atoms with E-state index >= 15 is 0 Å². The van der Waals surface area contributed by atoms with Crippen LogP contribution in [0.2, 0.25) is 0 Å². The highest BCUT2D eigenvalue weighted by Gasteiger charge is 1.59. The second-order valence-corrected chi connectivity index (χ2v) is 1.08. The van der Waals surface area contributed by atoms with Crippen LogP contribution in [0.4, 0.5) is 0 Å². The van der Waals surface area contributed by atoms with Crippen molar-refractivity contribution in [2.75, 3.05) is 0 Å². The van der Waals surface area contributed by atoms with Gasteiger partial charge in [-0.1, -0.05) is 0 Å². The molecule has 0 aromatic carbocycles. The summed E-state index contributed by atoms with van der Waals surface area (Å²) in [5.41, 5.74) is 0. The van der Waals surface area contributed by atoms with Crippen molar-refractivity contribution in [2.24, 2.45) is 0 Å². The third kappa shape index (κ3) is 1.47. The molecule has 1 heterocycles. The van der Waals surface area contributed by atoms with E-state index in [0.717, 1.165) is 0 Å². The van der Waals surface area contributed by atoms with E-state index in [4.69, 9.17) is 0 Å². The molecular formula is C5H5NO2. The van der Waals surface area contributed by atoms with Crippen LogP contribution in [0.15, 0.2) is 40.2 Å². The summed E-state index contributed by atoms with van der Waals surface area (Å²) in [6.45, 7) is 0. The van der Waals surface area contributed by atoms with Gasteiger partial charge < -0.3 is 8.83 Å². The summed E-state index contributed by atoms with van der Waals surface area (Å²) < 4.78 is 9.30. The van der Waals surface area contributed by atoms with Gasteiger partial charge in [-0.25, -0.2) is 4.98 Å². The van der Waals surface area contributed by atoms with Crippen molar-refractivity contribution in [1.29, 1.82) is 0 Å². The summed E-state index contributed by atoms with van der Waals surface area (Å²) in [6, 6.07) is 0. The molecule has 0 saturated carbocycles. The lowest BCUT2D eigenvalue weighted by Crippen LogP contribution is -1.57. The van der Waals surface area contributed by atoms with Crippen molar-refractivity contribution in [2.45, 2.75) is 0 Å². The predicted molar refractivity (Wildman–Crippen MR) is 26.4 cm³/mol. The molecule has 1 aromatic rings. The minimum Gasteiger partial charge on any atom is -0.468 e. The molecule has 0 fully saturated rings. The molecule has 0 aliphatic rings. The fourth-order valence-corrected chi connectivity index (χ4v) is 0.285. The first-order chi connectivity index (χ1) is 4.00. The Morgan fingerprint density at radius 1 is 1.00 bits per heavy atom. The van der Waals surface area contributed by atoms with Gasteiger partial charge in [0.1, 0.15) is 18.8 Å². The van der Waals surface area contributed by atoms with Gasteiger partial charge in [-0.15, -0.1) is 0 Å². The van der Waals surface area contributed by atoms with E-state index in [-0.39, 0.29) is 0 Å². The number of rotatable bonds is 0. The second kappa shape index (κ2) is 2.85. The van der Waals surface area contributed by atoms with E-state index in [1.54, 1.807) is 0 Å². The quantitative estimate of drug-likeness (QED) is 0.507. The van der Waals surface area contributed by atoms with E-state index in [1.165, 1.54) is 31.4 Å². The van der Waals surface area contributed by atoms with Gasteiger partial charge in [0.15, 0.2) is 6.39 Å². The molecule has 0 aliphatic heterocycles. The first kappa shape index (κ1) is 4.90. The van der Waals surface area contributed by atoms with E-state index < -0.39 is 0 Å². The molecule has 0 radical (unpaired) electrons. The lowest BCUT2D eigenvalue weighted by Gasteiger charge is -1.73. The molecule has 0 unspecified atom stereocenters. The van der Waals surface area contributed by atoms with Crippen LogP contribution in [-0.4, -0.2) is 4.98 Å². The van der Waals surface area contributed by atoms with Gasteiger partial charge in [-0.2, -0.15) is 0 Å². The standard InChI is InChI=1S/C5H5NO2/c1-2-7-3-4-8-5-6-1/h1-5H. The number of nitrogens with zero attached hydrogens (tertiary/aromatic N) is 1.